The second-order valence-corrected chi connectivity index (χ2v) is 9.76. The molecule has 3 aromatic rings. The van der Waals surface area contributed by atoms with Gasteiger partial charge in [0.1, 0.15) is 16.8 Å². The fraction of sp³-hybridized carbons (Fsp3) is 0.458. The highest BCUT2D eigenvalue weighted by Crippen LogP contribution is 2.31. The average Bonchev–Trinajstić information content (AvgIpc) is 3.55. The number of anilines is 3. The molecule has 0 aromatic carbocycles. The summed E-state index contributed by atoms with van der Waals surface area (Å²) in [6.07, 6.45) is 9.71. The van der Waals surface area contributed by atoms with Crippen LogP contribution in [0.25, 0.3) is 5.65 Å². The molecule has 5 N–H and O–H groups in total. The number of nitrogens with two attached hydrogens (primary N) is 1. The van der Waals surface area contributed by atoms with Gasteiger partial charge in [0.25, 0.3) is 5.91 Å². The summed E-state index contributed by atoms with van der Waals surface area (Å²) in [5.74, 6) is 0.870. The van der Waals surface area contributed by atoms with Crippen molar-refractivity contribution in [2.24, 2.45) is 11.7 Å². The Morgan fingerprint density at radius 2 is 1.80 bits per heavy atom. The number of hydrogen-bond acceptors (Lipinski definition) is 8. The second-order valence-electron chi connectivity index (χ2n) is 9.37. The van der Waals surface area contributed by atoms with Crippen LogP contribution in [0.2, 0.25) is 5.15 Å². The maximum absolute atomic E-state index is 13.0. The van der Waals surface area contributed by atoms with E-state index in [0.29, 0.717) is 46.4 Å². The summed E-state index contributed by atoms with van der Waals surface area (Å²) >= 11 is 5.95. The highest BCUT2D eigenvalue weighted by Gasteiger charge is 2.26. The van der Waals surface area contributed by atoms with Gasteiger partial charge in [-0.15, -0.1) is 5.10 Å². The Morgan fingerprint density at radius 1 is 1.06 bits per heavy atom. The maximum atomic E-state index is 13.0. The van der Waals surface area contributed by atoms with Crippen LogP contribution in [0, 0.1) is 5.92 Å². The van der Waals surface area contributed by atoms with Crippen LogP contribution in [0.1, 0.15) is 55.4 Å². The second kappa shape index (κ2) is 10.2. The number of hydrogen-bond donors (Lipinski definition) is 4. The lowest BCUT2D eigenvalue weighted by atomic mass is 9.83. The van der Waals surface area contributed by atoms with E-state index in [1.807, 2.05) is 6.07 Å². The standard InChI is InChI=1S/C24H29ClN8O2/c25-21-10-17(7-8-27-21)31-24(35)20-13-28-23-19(29-15-5-6-15)11-22(32-33(20)23)30-16-3-1-14(2-4-16)9-18(34)12-26/h7-8,10-11,13-16,29H,1-6,9,12,26H2,(H,30,32)(H,27,31,35). The molecule has 0 radical (unpaired) electrons. The average molecular weight is 497 g/mol. The minimum atomic E-state index is -0.341. The third-order valence-electron chi connectivity index (χ3n) is 6.56. The van der Waals surface area contributed by atoms with Gasteiger partial charge in [0.05, 0.1) is 18.4 Å². The van der Waals surface area contributed by atoms with E-state index in [0.717, 1.165) is 44.2 Å². The third kappa shape index (κ3) is 5.71. The molecule has 0 saturated heterocycles. The number of pyridine rings is 1. The van der Waals surface area contributed by atoms with Crippen molar-refractivity contribution in [3.63, 3.8) is 0 Å². The predicted molar refractivity (Wildman–Crippen MR) is 135 cm³/mol. The van der Waals surface area contributed by atoms with Gasteiger partial charge in [-0.1, -0.05) is 11.6 Å². The van der Waals surface area contributed by atoms with Gasteiger partial charge in [-0.3, -0.25) is 9.59 Å². The Bertz CT molecular complexity index is 1230. The van der Waals surface area contributed by atoms with E-state index in [4.69, 9.17) is 22.4 Å². The van der Waals surface area contributed by atoms with Gasteiger partial charge in [0.2, 0.25) is 0 Å². The molecule has 2 fully saturated rings. The molecule has 10 nitrogen and oxygen atoms in total. The fourth-order valence-electron chi connectivity index (χ4n) is 4.55. The van der Waals surface area contributed by atoms with Gasteiger partial charge >= 0.3 is 0 Å². The van der Waals surface area contributed by atoms with Crippen LogP contribution in [0.15, 0.2) is 30.6 Å². The topological polar surface area (TPSA) is 139 Å². The maximum Gasteiger partial charge on any atom is 0.276 e. The lowest BCUT2D eigenvalue weighted by Crippen LogP contribution is -2.29. The van der Waals surface area contributed by atoms with Crippen molar-refractivity contribution in [2.75, 3.05) is 22.5 Å². The summed E-state index contributed by atoms with van der Waals surface area (Å²) in [6.45, 7) is 0.119. The quantitative estimate of drug-likeness (QED) is 0.330. The lowest BCUT2D eigenvalue weighted by molar-refractivity contribution is -0.118. The van der Waals surface area contributed by atoms with Crippen molar-refractivity contribution < 1.29 is 9.59 Å². The zero-order valence-electron chi connectivity index (χ0n) is 19.3. The Hall–Kier alpha value is -3.24. The first-order valence-electron chi connectivity index (χ1n) is 12.0. The van der Waals surface area contributed by atoms with E-state index in [1.165, 1.54) is 12.4 Å². The molecule has 35 heavy (non-hydrogen) atoms. The van der Waals surface area contributed by atoms with Gasteiger partial charge in [0.15, 0.2) is 11.3 Å². The number of Topliss-reactive ketones (excluding diaryl/α,β-unsaturated/α-hetero) is 1. The molecule has 3 aromatic heterocycles. The van der Waals surface area contributed by atoms with E-state index < -0.39 is 0 Å². The summed E-state index contributed by atoms with van der Waals surface area (Å²) in [6, 6.07) is 5.89. The molecule has 2 aliphatic carbocycles. The molecule has 0 bridgehead atoms. The summed E-state index contributed by atoms with van der Waals surface area (Å²) in [5, 5.41) is 14.9. The Balaban J connectivity index is 1.35. The minimum absolute atomic E-state index is 0.119. The van der Waals surface area contributed by atoms with Crippen molar-refractivity contribution in [1.82, 2.24) is 19.6 Å². The summed E-state index contributed by atoms with van der Waals surface area (Å²) in [7, 11) is 0. The van der Waals surface area contributed by atoms with Crippen molar-refractivity contribution in [3.8, 4) is 0 Å². The van der Waals surface area contributed by atoms with Crippen LogP contribution in [-0.4, -0.2) is 49.9 Å². The number of rotatable bonds is 9. The smallest absolute Gasteiger partial charge is 0.276 e. The molecule has 3 heterocycles. The molecule has 0 atom stereocenters. The zero-order chi connectivity index (χ0) is 24.4. The molecule has 0 unspecified atom stereocenters. The normalized spacial score (nSPS) is 19.9. The first-order valence-corrected chi connectivity index (χ1v) is 12.4. The first-order chi connectivity index (χ1) is 17.0. The molecule has 0 aliphatic heterocycles. The number of ketones is 1. The van der Waals surface area contributed by atoms with Crippen LogP contribution in [0.5, 0.6) is 0 Å². The Kier molecular flexibility index (Phi) is 6.83. The van der Waals surface area contributed by atoms with Crippen molar-refractivity contribution >= 4 is 46.1 Å². The number of imidazole rings is 1. The molecule has 2 saturated carbocycles. The van der Waals surface area contributed by atoms with Gasteiger partial charge in [-0.2, -0.15) is 0 Å². The first kappa shape index (κ1) is 23.5. The largest absolute Gasteiger partial charge is 0.379 e. The molecule has 1 amide bonds. The van der Waals surface area contributed by atoms with Crippen LogP contribution in [0.4, 0.5) is 17.2 Å². The number of nitrogens with zero attached hydrogens (tertiary/aromatic N) is 4. The molecular formula is C24H29ClN8O2. The monoisotopic (exact) mass is 496 g/mol. The van der Waals surface area contributed by atoms with E-state index in [-0.39, 0.29) is 24.3 Å². The van der Waals surface area contributed by atoms with Crippen molar-refractivity contribution in [1.29, 1.82) is 0 Å². The summed E-state index contributed by atoms with van der Waals surface area (Å²) < 4.78 is 1.58. The summed E-state index contributed by atoms with van der Waals surface area (Å²) in [4.78, 5) is 33.2. The van der Waals surface area contributed by atoms with Gasteiger partial charge in [0, 0.05) is 36.5 Å². The minimum Gasteiger partial charge on any atom is -0.379 e. The van der Waals surface area contributed by atoms with Crippen LogP contribution in [-0.2, 0) is 4.79 Å². The zero-order valence-corrected chi connectivity index (χ0v) is 20.1. The van der Waals surface area contributed by atoms with Crippen LogP contribution < -0.4 is 21.7 Å². The Labute approximate surface area is 208 Å². The number of fused-ring (bicyclic) bond motifs is 1. The van der Waals surface area contributed by atoms with Gasteiger partial charge in [-0.05, 0) is 56.6 Å². The van der Waals surface area contributed by atoms with E-state index in [1.54, 1.807) is 16.6 Å². The third-order valence-corrected chi connectivity index (χ3v) is 6.77. The number of aromatic nitrogens is 4. The van der Waals surface area contributed by atoms with E-state index in [9.17, 15) is 9.59 Å². The molecule has 11 heteroatoms. The van der Waals surface area contributed by atoms with E-state index >= 15 is 0 Å². The summed E-state index contributed by atoms with van der Waals surface area (Å²) in [5.41, 5.74) is 7.78. The number of carbonyl (C=O) groups is 2. The molecule has 2 aliphatic rings. The van der Waals surface area contributed by atoms with Crippen LogP contribution >= 0.6 is 11.6 Å². The molecule has 0 spiro atoms. The SMILES string of the molecule is NCC(=O)CC1CCC(Nc2cc(NC3CC3)c3ncc(C(=O)Nc4ccnc(Cl)c4)n3n2)CC1. The molecule has 184 valence electrons. The molecule has 5 rings (SSSR count). The number of amides is 1. The van der Waals surface area contributed by atoms with Gasteiger partial charge in [-0.25, -0.2) is 14.5 Å². The highest BCUT2D eigenvalue weighted by molar-refractivity contribution is 6.29. The number of nitrogens with one attached hydrogen (secondary N) is 3. The highest BCUT2D eigenvalue weighted by atomic mass is 35.5. The predicted octanol–water partition coefficient (Wildman–Crippen LogP) is 3.49. The molecular weight excluding hydrogens is 468 g/mol. The lowest BCUT2D eigenvalue weighted by Gasteiger charge is -2.29. The fourth-order valence-corrected chi connectivity index (χ4v) is 4.72. The van der Waals surface area contributed by atoms with Gasteiger partial charge < -0.3 is 21.7 Å². The number of carbonyl (C=O) groups excluding carboxylic acids is 2. The number of halogens is 1. The Morgan fingerprint density at radius 3 is 2.51 bits per heavy atom. The van der Waals surface area contributed by atoms with E-state index in [2.05, 4.69) is 25.9 Å². The van der Waals surface area contributed by atoms with Crippen molar-refractivity contribution in [2.45, 2.75) is 57.0 Å². The van der Waals surface area contributed by atoms with Crippen LogP contribution in [0.3, 0.4) is 0 Å². The van der Waals surface area contributed by atoms with Crippen molar-refractivity contribution in [3.05, 3.63) is 41.4 Å².